The van der Waals surface area contributed by atoms with Gasteiger partial charge >= 0.3 is 5.97 Å². The summed E-state index contributed by atoms with van der Waals surface area (Å²) in [5.74, 6) is 0.177. The van der Waals surface area contributed by atoms with Gasteiger partial charge in [0.1, 0.15) is 12.4 Å². The number of benzene rings is 3. The molecule has 176 valence electrons. The van der Waals surface area contributed by atoms with Crippen LogP contribution in [0, 0.1) is 0 Å². The molecular formula is C28H30N2O4. The Bertz CT molecular complexity index is 1250. The first-order valence-electron chi connectivity index (χ1n) is 11.8. The molecule has 2 aliphatic heterocycles. The first kappa shape index (κ1) is 22.4. The molecule has 4 N–H and O–H groups in total. The van der Waals surface area contributed by atoms with Crippen LogP contribution in [0.15, 0.2) is 54.6 Å². The number of carboxylic acid groups (broad SMARTS) is 1. The number of fused-ring (bicyclic) bond motifs is 2. The molecule has 3 aromatic carbocycles. The summed E-state index contributed by atoms with van der Waals surface area (Å²) in [6, 6.07) is 17.6. The number of rotatable bonds is 6. The summed E-state index contributed by atoms with van der Waals surface area (Å²) in [5, 5.41) is 20.9. The summed E-state index contributed by atoms with van der Waals surface area (Å²) in [4.78, 5) is 13.8. The van der Waals surface area contributed by atoms with Gasteiger partial charge in [0.05, 0.1) is 23.4 Å². The van der Waals surface area contributed by atoms with Crippen LogP contribution in [0.25, 0.3) is 11.1 Å². The lowest BCUT2D eigenvalue weighted by Crippen LogP contribution is -2.28. The van der Waals surface area contributed by atoms with Crippen molar-refractivity contribution in [1.82, 2.24) is 0 Å². The van der Waals surface area contributed by atoms with Crippen molar-refractivity contribution in [3.05, 3.63) is 82.4 Å². The SMILES string of the molecule is CC(C)c1cc(-c2ccc3c(c2)[C@H](N)CO3)cc([C@@H](O)CN2CCc3cccc(C(=O)O)c32)c1. The van der Waals surface area contributed by atoms with Gasteiger partial charge < -0.3 is 25.6 Å². The molecule has 6 nitrogen and oxygen atoms in total. The molecule has 0 amide bonds. The van der Waals surface area contributed by atoms with Crippen LogP contribution in [0.1, 0.15) is 64.5 Å². The third-order valence-electron chi connectivity index (χ3n) is 6.90. The average Bonchev–Trinajstić information content (AvgIpc) is 3.41. The van der Waals surface area contributed by atoms with E-state index < -0.39 is 12.1 Å². The number of hydrogen-bond donors (Lipinski definition) is 3. The van der Waals surface area contributed by atoms with Crippen molar-refractivity contribution in [3.8, 4) is 16.9 Å². The number of para-hydroxylation sites is 1. The van der Waals surface area contributed by atoms with Crippen LogP contribution >= 0.6 is 0 Å². The molecule has 2 heterocycles. The highest BCUT2D eigenvalue weighted by molar-refractivity contribution is 5.96. The molecule has 6 heteroatoms. The average molecular weight is 459 g/mol. The van der Waals surface area contributed by atoms with E-state index in [0.717, 1.165) is 51.2 Å². The summed E-state index contributed by atoms with van der Waals surface area (Å²) < 4.78 is 5.64. The number of nitrogens with two attached hydrogens (primary N) is 1. The molecule has 0 saturated heterocycles. The van der Waals surface area contributed by atoms with Crippen molar-refractivity contribution in [2.45, 2.75) is 38.3 Å². The number of β-amino-alcohol motifs (C(OH)–C–C–N with tert-alkyl or cyclic N) is 1. The van der Waals surface area contributed by atoms with Crippen molar-refractivity contribution in [2.24, 2.45) is 5.73 Å². The molecule has 0 aliphatic carbocycles. The fraction of sp³-hybridized carbons (Fsp3) is 0.321. The number of aliphatic hydroxyl groups excluding tert-OH is 1. The zero-order valence-corrected chi connectivity index (χ0v) is 19.5. The minimum Gasteiger partial charge on any atom is -0.491 e. The van der Waals surface area contributed by atoms with Crippen molar-refractivity contribution >= 4 is 11.7 Å². The number of hydrogen-bond acceptors (Lipinski definition) is 5. The Morgan fingerprint density at radius 1 is 1.12 bits per heavy atom. The molecular weight excluding hydrogens is 428 g/mol. The number of carbonyl (C=O) groups is 1. The Morgan fingerprint density at radius 3 is 2.68 bits per heavy atom. The zero-order valence-electron chi connectivity index (χ0n) is 19.5. The normalized spacial score (nSPS) is 17.4. The molecule has 0 unspecified atom stereocenters. The van der Waals surface area contributed by atoms with Crippen LogP contribution in [-0.2, 0) is 6.42 Å². The molecule has 2 aliphatic rings. The van der Waals surface area contributed by atoms with Crippen LogP contribution in [-0.4, -0.2) is 35.9 Å². The Kier molecular flexibility index (Phi) is 5.80. The van der Waals surface area contributed by atoms with Crippen molar-refractivity contribution < 1.29 is 19.7 Å². The summed E-state index contributed by atoms with van der Waals surface area (Å²) >= 11 is 0. The molecule has 0 radical (unpaired) electrons. The summed E-state index contributed by atoms with van der Waals surface area (Å²) in [6.45, 7) is 5.79. The van der Waals surface area contributed by atoms with Crippen molar-refractivity contribution in [3.63, 3.8) is 0 Å². The molecule has 0 aromatic heterocycles. The van der Waals surface area contributed by atoms with Gasteiger partial charge in [-0.2, -0.15) is 0 Å². The fourth-order valence-electron chi connectivity index (χ4n) is 4.99. The fourth-order valence-corrected chi connectivity index (χ4v) is 4.99. The van der Waals surface area contributed by atoms with Gasteiger partial charge in [-0.15, -0.1) is 0 Å². The van der Waals surface area contributed by atoms with E-state index in [1.165, 1.54) is 0 Å². The Labute approximate surface area is 199 Å². The van der Waals surface area contributed by atoms with E-state index in [0.29, 0.717) is 19.7 Å². The molecule has 2 atom stereocenters. The third kappa shape index (κ3) is 4.04. The standard InChI is InChI=1S/C28H30N2O4/c1-16(2)19-10-20(18-6-7-26-23(13-18)24(29)15-34-26)12-21(11-19)25(31)14-30-9-8-17-4-3-5-22(27(17)30)28(32)33/h3-7,10-13,16,24-25,31H,8-9,14-15,29H2,1-2H3,(H,32,33)/t24-,25+/m1/s1. The van der Waals surface area contributed by atoms with E-state index in [9.17, 15) is 15.0 Å². The summed E-state index contributed by atoms with van der Waals surface area (Å²) in [6.07, 6.45) is 0.0167. The van der Waals surface area contributed by atoms with E-state index in [1.54, 1.807) is 12.1 Å². The molecule has 0 saturated carbocycles. The Morgan fingerprint density at radius 2 is 1.91 bits per heavy atom. The Balaban J connectivity index is 1.48. The summed E-state index contributed by atoms with van der Waals surface area (Å²) in [5.41, 5.74) is 13.3. The smallest absolute Gasteiger partial charge is 0.337 e. The molecule has 0 fully saturated rings. The Hall–Kier alpha value is -3.35. The van der Waals surface area contributed by atoms with E-state index in [1.807, 2.05) is 29.2 Å². The second-order valence-corrected chi connectivity index (χ2v) is 9.54. The summed E-state index contributed by atoms with van der Waals surface area (Å²) in [7, 11) is 0. The predicted octanol–water partition coefficient (Wildman–Crippen LogP) is 4.66. The lowest BCUT2D eigenvalue weighted by atomic mass is 9.91. The number of aromatic carboxylic acids is 1. The maximum absolute atomic E-state index is 11.8. The third-order valence-corrected chi connectivity index (χ3v) is 6.90. The number of aliphatic hydroxyl groups is 1. The first-order chi connectivity index (χ1) is 16.3. The molecule has 0 spiro atoms. The topological polar surface area (TPSA) is 96.0 Å². The van der Waals surface area contributed by atoms with Crippen LogP contribution in [0.4, 0.5) is 5.69 Å². The van der Waals surface area contributed by atoms with Crippen LogP contribution in [0.5, 0.6) is 5.75 Å². The van der Waals surface area contributed by atoms with Gasteiger partial charge in [0, 0.05) is 18.7 Å². The van der Waals surface area contributed by atoms with Gasteiger partial charge in [-0.05, 0) is 64.4 Å². The van der Waals surface area contributed by atoms with Gasteiger partial charge in [-0.3, -0.25) is 0 Å². The van der Waals surface area contributed by atoms with Gasteiger partial charge in [0.2, 0.25) is 0 Å². The maximum Gasteiger partial charge on any atom is 0.337 e. The van der Waals surface area contributed by atoms with Crippen LogP contribution in [0.3, 0.4) is 0 Å². The zero-order chi connectivity index (χ0) is 24.0. The van der Waals surface area contributed by atoms with Gasteiger partial charge in [0.25, 0.3) is 0 Å². The quantitative estimate of drug-likeness (QED) is 0.497. The molecule has 34 heavy (non-hydrogen) atoms. The monoisotopic (exact) mass is 458 g/mol. The largest absolute Gasteiger partial charge is 0.491 e. The van der Waals surface area contributed by atoms with Crippen molar-refractivity contribution in [2.75, 3.05) is 24.6 Å². The highest BCUT2D eigenvalue weighted by Crippen LogP contribution is 2.37. The van der Waals surface area contributed by atoms with E-state index in [4.69, 9.17) is 10.5 Å². The minimum absolute atomic E-state index is 0.132. The number of carboxylic acids is 1. The molecule has 5 rings (SSSR count). The van der Waals surface area contributed by atoms with Gasteiger partial charge in [0.15, 0.2) is 0 Å². The first-order valence-corrected chi connectivity index (χ1v) is 11.8. The lowest BCUT2D eigenvalue weighted by Gasteiger charge is -2.25. The maximum atomic E-state index is 11.8. The highest BCUT2D eigenvalue weighted by atomic mass is 16.5. The number of ether oxygens (including phenoxy) is 1. The molecule has 0 bridgehead atoms. The second-order valence-electron chi connectivity index (χ2n) is 9.54. The minimum atomic E-state index is -0.943. The predicted molar refractivity (Wildman–Crippen MR) is 133 cm³/mol. The van der Waals surface area contributed by atoms with E-state index in [2.05, 4.69) is 32.0 Å². The van der Waals surface area contributed by atoms with E-state index >= 15 is 0 Å². The van der Waals surface area contributed by atoms with Gasteiger partial charge in [-0.1, -0.05) is 44.2 Å². The number of anilines is 1. The van der Waals surface area contributed by atoms with Gasteiger partial charge in [-0.25, -0.2) is 4.79 Å². The molecule has 3 aromatic rings. The second kappa shape index (κ2) is 8.78. The lowest BCUT2D eigenvalue weighted by molar-refractivity contribution is 0.0697. The highest BCUT2D eigenvalue weighted by Gasteiger charge is 2.27. The van der Waals surface area contributed by atoms with E-state index in [-0.39, 0.29) is 17.5 Å². The van der Waals surface area contributed by atoms with Crippen LogP contribution in [0.2, 0.25) is 0 Å². The number of nitrogens with zero attached hydrogens (tertiary/aromatic N) is 1. The van der Waals surface area contributed by atoms with Crippen LogP contribution < -0.4 is 15.4 Å². The van der Waals surface area contributed by atoms with Crippen molar-refractivity contribution in [1.29, 1.82) is 0 Å².